The molecular weight excluding hydrogens is 238 g/mol. The largest absolute Gasteiger partial charge is 0.354 e. The van der Waals surface area contributed by atoms with Crippen LogP contribution in [-0.4, -0.2) is 43.0 Å². The van der Waals surface area contributed by atoms with Crippen LogP contribution in [0.3, 0.4) is 0 Å². The molecule has 1 saturated heterocycles. The highest BCUT2D eigenvalue weighted by molar-refractivity contribution is 5.81. The third-order valence-electron chi connectivity index (χ3n) is 3.85. The molecule has 3 N–H and O–H groups in total. The van der Waals surface area contributed by atoms with Crippen LogP contribution in [0, 0.1) is 5.92 Å². The molecule has 2 unspecified atom stereocenters. The third kappa shape index (κ3) is 6.92. The van der Waals surface area contributed by atoms with E-state index in [0.717, 1.165) is 32.4 Å². The molecule has 4 heteroatoms. The van der Waals surface area contributed by atoms with Gasteiger partial charge in [-0.3, -0.25) is 4.79 Å². The maximum absolute atomic E-state index is 11.8. The van der Waals surface area contributed by atoms with E-state index in [-0.39, 0.29) is 11.9 Å². The Morgan fingerprint density at radius 3 is 2.63 bits per heavy atom. The minimum absolute atomic E-state index is 0.0129. The Labute approximate surface area is 118 Å². The van der Waals surface area contributed by atoms with Gasteiger partial charge in [0.1, 0.15) is 0 Å². The highest BCUT2D eigenvalue weighted by Crippen LogP contribution is 2.10. The molecule has 1 fully saturated rings. The predicted octanol–water partition coefficient (Wildman–Crippen LogP) is 1.74. The number of nitrogens with zero attached hydrogens (tertiary/aromatic N) is 1. The van der Waals surface area contributed by atoms with Gasteiger partial charge in [0.25, 0.3) is 0 Å². The van der Waals surface area contributed by atoms with Gasteiger partial charge in [-0.1, -0.05) is 33.1 Å². The van der Waals surface area contributed by atoms with Gasteiger partial charge in [-0.05, 0) is 38.3 Å². The molecule has 0 aliphatic carbocycles. The molecule has 0 aromatic heterocycles. The molecule has 1 heterocycles. The zero-order valence-corrected chi connectivity index (χ0v) is 12.7. The van der Waals surface area contributed by atoms with Crippen molar-refractivity contribution < 1.29 is 4.79 Å². The first-order chi connectivity index (χ1) is 9.13. The first kappa shape index (κ1) is 16.4. The summed E-state index contributed by atoms with van der Waals surface area (Å²) in [7, 11) is 0. The van der Waals surface area contributed by atoms with Crippen LogP contribution in [0.25, 0.3) is 0 Å². The Hall–Kier alpha value is -0.610. The highest BCUT2D eigenvalue weighted by atomic mass is 16.2. The number of rotatable bonds is 8. The molecule has 1 rings (SSSR count). The van der Waals surface area contributed by atoms with Crippen molar-refractivity contribution in [3.63, 3.8) is 0 Å². The summed E-state index contributed by atoms with van der Waals surface area (Å²) >= 11 is 0. The summed E-state index contributed by atoms with van der Waals surface area (Å²) in [5.74, 6) is 0.513. The molecule has 0 radical (unpaired) electrons. The number of nitrogens with two attached hydrogens (primary N) is 1. The molecule has 0 aromatic carbocycles. The molecule has 1 aliphatic rings. The van der Waals surface area contributed by atoms with Gasteiger partial charge in [0, 0.05) is 13.1 Å². The van der Waals surface area contributed by atoms with Crippen molar-refractivity contribution in [2.45, 2.75) is 58.4 Å². The molecular formula is C15H31N3O. The van der Waals surface area contributed by atoms with E-state index in [0.29, 0.717) is 5.92 Å². The van der Waals surface area contributed by atoms with E-state index in [1.165, 1.54) is 32.4 Å². The van der Waals surface area contributed by atoms with E-state index < -0.39 is 0 Å². The first-order valence-electron chi connectivity index (χ1n) is 7.89. The van der Waals surface area contributed by atoms with E-state index >= 15 is 0 Å². The van der Waals surface area contributed by atoms with Crippen LogP contribution in [-0.2, 0) is 4.79 Å². The fraction of sp³-hybridized carbons (Fsp3) is 0.933. The normalized spacial score (nSPS) is 19.9. The smallest absolute Gasteiger partial charge is 0.236 e. The lowest BCUT2D eigenvalue weighted by molar-refractivity contribution is -0.122. The zero-order valence-electron chi connectivity index (χ0n) is 12.7. The summed E-state index contributed by atoms with van der Waals surface area (Å²) in [4.78, 5) is 14.3. The summed E-state index contributed by atoms with van der Waals surface area (Å²) < 4.78 is 0. The van der Waals surface area contributed by atoms with E-state index in [4.69, 9.17) is 5.73 Å². The van der Waals surface area contributed by atoms with Crippen molar-refractivity contribution in [3.05, 3.63) is 0 Å². The molecule has 0 saturated carbocycles. The standard InChI is InChI=1S/C15H31N3O/c1-3-4-8-14(16)15(19)17-11-13(2)12-18-9-6-5-7-10-18/h13-14H,3-12,16H2,1-2H3,(H,17,19). The molecule has 1 amide bonds. The number of hydrogen-bond donors (Lipinski definition) is 2. The van der Waals surface area contributed by atoms with Crippen LogP contribution >= 0.6 is 0 Å². The van der Waals surface area contributed by atoms with Gasteiger partial charge in [-0.15, -0.1) is 0 Å². The summed E-state index contributed by atoms with van der Waals surface area (Å²) in [6.45, 7) is 8.58. The lowest BCUT2D eigenvalue weighted by atomic mass is 10.1. The SMILES string of the molecule is CCCCC(N)C(=O)NCC(C)CN1CCCCC1. The van der Waals surface area contributed by atoms with Crippen LogP contribution < -0.4 is 11.1 Å². The third-order valence-corrected chi connectivity index (χ3v) is 3.85. The van der Waals surface area contributed by atoms with Gasteiger partial charge in [0.15, 0.2) is 0 Å². The van der Waals surface area contributed by atoms with Crippen molar-refractivity contribution >= 4 is 5.91 Å². The minimum atomic E-state index is -0.331. The summed E-state index contributed by atoms with van der Waals surface area (Å²) in [5, 5.41) is 2.99. The lowest BCUT2D eigenvalue weighted by Gasteiger charge is -2.29. The first-order valence-corrected chi connectivity index (χ1v) is 7.89. The van der Waals surface area contributed by atoms with Crippen LogP contribution in [0.4, 0.5) is 0 Å². The van der Waals surface area contributed by atoms with Crippen LogP contribution in [0.2, 0.25) is 0 Å². The lowest BCUT2D eigenvalue weighted by Crippen LogP contribution is -2.44. The zero-order chi connectivity index (χ0) is 14.1. The second kappa shape index (κ2) is 9.32. The molecule has 4 nitrogen and oxygen atoms in total. The predicted molar refractivity (Wildman–Crippen MR) is 80.0 cm³/mol. The number of unbranched alkanes of at least 4 members (excludes halogenated alkanes) is 1. The van der Waals surface area contributed by atoms with Crippen molar-refractivity contribution in [2.24, 2.45) is 11.7 Å². The van der Waals surface area contributed by atoms with E-state index in [2.05, 4.69) is 24.1 Å². The number of carbonyl (C=O) groups is 1. The van der Waals surface area contributed by atoms with Gasteiger partial charge >= 0.3 is 0 Å². The maximum atomic E-state index is 11.8. The molecule has 0 aromatic rings. The van der Waals surface area contributed by atoms with Crippen molar-refractivity contribution in [2.75, 3.05) is 26.2 Å². The van der Waals surface area contributed by atoms with E-state index in [9.17, 15) is 4.79 Å². The Balaban J connectivity index is 2.14. The maximum Gasteiger partial charge on any atom is 0.236 e. The summed E-state index contributed by atoms with van der Waals surface area (Å²) in [5.41, 5.74) is 5.85. The fourth-order valence-corrected chi connectivity index (χ4v) is 2.61. The monoisotopic (exact) mass is 269 g/mol. The molecule has 19 heavy (non-hydrogen) atoms. The molecule has 1 aliphatic heterocycles. The number of hydrogen-bond acceptors (Lipinski definition) is 3. The molecule has 112 valence electrons. The number of amides is 1. The van der Waals surface area contributed by atoms with Gasteiger partial charge in [-0.25, -0.2) is 0 Å². The van der Waals surface area contributed by atoms with E-state index in [1.54, 1.807) is 0 Å². The van der Waals surface area contributed by atoms with Gasteiger partial charge in [0.2, 0.25) is 5.91 Å². The van der Waals surface area contributed by atoms with Crippen molar-refractivity contribution in [3.8, 4) is 0 Å². The average molecular weight is 269 g/mol. The van der Waals surface area contributed by atoms with Gasteiger partial charge < -0.3 is 16.0 Å². The highest BCUT2D eigenvalue weighted by Gasteiger charge is 2.16. The molecule has 0 spiro atoms. The number of likely N-dealkylation sites (tertiary alicyclic amines) is 1. The Bertz CT molecular complexity index is 252. The van der Waals surface area contributed by atoms with Gasteiger partial charge in [-0.2, -0.15) is 0 Å². The Morgan fingerprint density at radius 2 is 2.00 bits per heavy atom. The quantitative estimate of drug-likeness (QED) is 0.706. The second-order valence-corrected chi connectivity index (χ2v) is 5.96. The Morgan fingerprint density at radius 1 is 1.32 bits per heavy atom. The second-order valence-electron chi connectivity index (χ2n) is 5.96. The summed E-state index contributed by atoms with van der Waals surface area (Å²) in [6, 6.07) is -0.331. The van der Waals surface area contributed by atoms with Crippen molar-refractivity contribution in [1.82, 2.24) is 10.2 Å². The Kier molecular flexibility index (Phi) is 8.07. The van der Waals surface area contributed by atoms with Crippen LogP contribution in [0.5, 0.6) is 0 Å². The number of piperidine rings is 1. The van der Waals surface area contributed by atoms with E-state index in [1.807, 2.05) is 0 Å². The molecule has 2 atom stereocenters. The van der Waals surface area contributed by atoms with Gasteiger partial charge in [0.05, 0.1) is 6.04 Å². The van der Waals surface area contributed by atoms with Crippen LogP contribution in [0.15, 0.2) is 0 Å². The van der Waals surface area contributed by atoms with Crippen LogP contribution in [0.1, 0.15) is 52.4 Å². The summed E-state index contributed by atoms with van der Waals surface area (Å²) in [6.07, 6.45) is 6.92. The fourth-order valence-electron chi connectivity index (χ4n) is 2.61. The number of nitrogens with one attached hydrogen (secondary N) is 1. The topological polar surface area (TPSA) is 58.4 Å². The van der Waals surface area contributed by atoms with Crippen molar-refractivity contribution in [1.29, 1.82) is 0 Å². The molecule has 0 bridgehead atoms. The average Bonchev–Trinajstić information content (AvgIpc) is 2.43. The number of carbonyl (C=O) groups excluding carboxylic acids is 1. The minimum Gasteiger partial charge on any atom is -0.354 e.